The summed E-state index contributed by atoms with van der Waals surface area (Å²) >= 11 is 6.14. The quantitative estimate of drug-likeness (QED) is 0.221. The van der Waals surface area contributed by atoms with Crippen LogP contribution in [0.2, 0.25) is 5.02 Å². The number of anilines is 1. The summed E-state index contributed by atoms with van der Waals surface area (Å²) in [6.45, 7) is 3.17. The molecule has 40 heavy (non-hydrogen) atoms. The Kier molecular flexibility index (Phi) is 8.80. The number of nitrogens with zero attached hydrogens (tertiary/aromatic N) is 1. The van der Waals surface area contributed by atoms with Gasteiger partial charge >= 0.3 is 12.1 Å². The van der Waals surface area contributed by atoms with Crippen molar-refractivity contribution in [2.75, 3.05) is 5.32 Å². The van der Waals surface area contributed by atoms with E-state index in [2.05, 4.69) is 15.8 Å². The van der Waals surface area contributed by atoms with Gasteiger partial charge in [0.2, 0.25) is 0 Å². The van der Waals surface area contributed by atoms with Gasteiger partial charge in [-0.25, -0.2) is 14.0 Å². The number of carboxylic acids is 1. The molecule has 3 N–H and O–H groups in total. The molecule has 1 heterocycles. The number of ether oxygens (including phenoxy) is 1. The summed E-state index contributed by atoms with van der Waals surface area (Å²) in [6, 6.07) is 17.7. The third kappa shape index (κ3) is 6.65. The first-order valence-corrected chi connectivity index (χ1v) is 12.6. The number of aryl methyl sites for hydroxylation is 1. The molecule has 2 amide bonds. The summed E-state index contributed by atoms with van der Waals surface area (Å²) in [5.74, 6) is -2.08. The van der Waals surface area contributed by atoms with E-state index < -0.39 is 35.9 Å². The largest absolute Gasteiger partial charge is 0.480 e. The van der Waals surface area contributed by atoms with E-state index in [0.717, 1.165) is 0 Å². The zero-order valence-corrected chi connectivity index (χ0v) is 22.2. The van der Waals surface area contributed by atoms with Crippen LogP contribution >= 0.6 is 11.6 Å². The van der Waals surface area contributed by atoms with Crippen molar-refractivity contribution in [3.63, 3.8) is 0 Å². The highest BCUT2D eigenvalue weighted by atomic mass is 35.5. The van der Waals surface area contributed by atoms with Gasteiger partial charge in [0.05, 0.1) is 0 Å². The maximum Gasteiger partial charge on any atom is 0.412 e. The zero-order valence-electron chi connectivity index (χ0n) is 21.5. The van der Waals surface area contributed by atoms with Crippen LogP contribution < -0.4 is 10.6 Å². The van der Waals surface area contributed by atoms with Crippen LogP contribution in [0.1, 0.15) is 40.2 Å². The SMILES string of the molecule is Cc1noc(-c2ccc(C(=O)NC(Cc3ccccc3Cl)C(=O)O)cc2)c1NC(=O)OC(C)c1ccccc1F. The van der Waals surface area contributed by atoms with Gasteiger partial charge in [0.1, 0.15) is 29.3 Å². The van der Waals surface area contributed by atoms with Gasteiger partial charge in [-0.15, -0.1) is 0 Å². The van der Waals surface area contributed by atoms with Crippen molar-refractivity contribution in [1.82, 2.24) is 10.5 Å². The minimum atomic E-state index is -1.20. The van der Waals surface area contributed by atoms with E-state index in [0.29, 0.717) is 21.8 Å². The van der Waals surface area contributed by atoms with Crippen LogP contribution in [-0.2, 0) is 16.0 Å². The zero-order chi connectivity index (χ0) is 28.8. The van der Waals surface area contributed by atoms with Crippen molar-refractivity contribution in [2.45, 2.75) is 32.4 Å². The summed E-state index contributed by atoms with van der Waals surface area (Å²) in [7, 11) is 0. The number of aromatic nitrogens is 1. The Balaban J connectivity index is 1.44. The average Bonchev–Trinajstić information content (AvgIpc) is 3.29. The standard InChI is InChI=1S/C29H25ClFN3O6/c1-16-25(33-29(38)39-17(2)21-8-4-6-10-23(21)31)26(40-34-16)18-11-13-19(14-12-18)27(35)32-24(28(36)37)15-20-7-3-5-9-22(20)30/h3-14,17,24H,15H2,1-2H3,(H,32,35)(H,33,38)(H,36,37). The number of aliphatic carboxylic acids is 1. The predicted octanol–water partition coefficient (Wildman–Crippen LogP) is 6.18. The molecule has 0 aliphatic carbocycles. The Hall–Kier alpha value is -4.70. The number of hydrogen-bond donors (Lipinski definition) is 3. The summed E-state index contributed by atoms with van der Waals surface area (Å²) in [6.07, 6.45) is -1.68. The number of nitrogens with one attached hydrogen (secondary N) is 2. The lowest BCUT2D eigenvalue weighted by atomic mass is 10.0. The van der Waals surface area contributed by atoms with Crippen LogP contribution in [0.15, 0.2) is 77.3 Å². The molecular weight excluding hydrogens is 541 g/mol. The molecule has 0 radical (unpaired) electrons. The molecule has 2 atom stereocenters. The molecule has 3 aromatic carbocycles. The number of benzene rings is 3. The summed E-state index contributed by atoms with van der Waals surface area (Å²) < 4.78 is 24.7. The molecule has 0 aliphatic rings. The maximum atomic E-state index is 14.0. The first-order valence-electron chi connectivity index (χ1n) is 12.2. The van der Waals surface area contributed by atoms with Crippen LogP contribution in [-0.4, -0.2) is 34.3 Å². The molecule has 2 unspecified atom stereocenters. The van der Waals surface area contributed by atoms with Gasteiger partial charge in [-0.3, -0.25) is 10.1 Å². The number of halogens is 2. The lowest BCUT2D eigenvalue weighted by Gasteiger charge is -2.16. The van der Waals surface area contributed by atoms with E-state index >= 15 is 0 Å². The normalized spacial score (nSPS) is 12.3. The summed E-state index contributed by atoms with van der Waals surface area (Å²) in [5, 5.41) is 19.0. The summed E-state index contributed by atoms with van der Waals surface area (Å²) in [5.41, 5.74) is 2.13. The highest BCUT2D eigenvalue weighted by Gasteiger charge is 2.24. The Morgan fingerprint density at radius 2 is 1.73 bits per heavy atom. The van der Waals surface area contributed by atoms with Gasteiger partial charge in [0.15, 0.2) is 5.76 Å². The number of hydrogen-bond acceptors (Lipinski definition) is 6. The van der Waals surface area contributed by atoms with Crippen molar-refractivity contribution in [2.24, 2.45) is 0 Å². The van der Waals surface area contributed by atoms with Crippen LogP contribution in [0.25, 0.3) is 11.3 Å². The van der Waals surface area contributed by atoms with Crippen LogP contribution in [0.3, 0.4) is 0 Å². The van der Waals surface area contributed by atoms with Gasteiger partial charge in [0.25, 0.3) is 5.91 Å². The molecular formula is C29H25ClFN3O6. The van der Waals surface area contributed by atoms with E-state index in [-0.39, 0.29) is 29.0 Å². The fraction of sp³-hybridized carbons (Fsp3) is 0.172. The topological polar surface area (TPSA) is 131 Å². The molecule has 0 aliphatic heterocycles. The lowest BCUT2D eigenvalue weighted by molar-refractivity contribution is -0.139. The predicted molar refractivity (Wildman–Crippen MR) is 146 cm³/mol. The van der Waals surface area contributed by atoms with E-state index in [1.807, 2.05) is 0 Å². The minimum Gasteiger partial charge on any atom is -0.480 e. The Labute approximate surface area is 233 Å². The van der Waals surface area contributed by atoms with Crippen LogP contribution in [0.4, 0.5) is 14.9 Å². The van der Waals surface area contributed by atoms with Gasteiger partial charge in [0, 0.05) is 28.1 Å². The number of rotatable bonds is 9. The highest BCUT2D eigenvalue weighted by Crippen LogP contribution is 2.32. The Morgan fingerprint density at radius 3 is 2.40 bits per heavy atom. The molecule has 11 heteroatoms. The van der Waals surface area contributed by atoms with Crippen molar-refractivity contribution in [3.8, 4) is 11.3 Å². The van der Waals surface area contributed by atoms with E-state index in [9.17, 15) is 23.9 Å². The smallest absolute Gasteiger partial charge is 0.412 e. The van der Waals surface area contributed by atoms with Crippen LogP contribution in [0, 0.1) is 12.7 Å². The molecule has 0 spiro atoms. The number of carboxylic acid groups (broad SMARTS) is 1. The summed E-state index contributed by atoms with van der Waals surface area (Å²) in [4.78, 5) is 37.1. The van der Waals surface area contributed by atoms with E-state index in [1.165, 1.54) is 24.3 Å². The second kappa shape index (κ2) is 12.4. The van der Waals surface area contributed by atoms with Gasteiger partial charge in [-0.1, -0.05) is 65.3 Å². The molecule has 0 bridgehead atoms. The van der Waals surface area contributed by atoms with Gasteiger partial charge in [-0.2, -0.15) is 0 Å². The van der Waals surface area contributed by atoms with Crippen molar-refractivity contribution < 1.29 is 33.1 Å². The molecule has 9 nitrogen and oxygen atoms in total. The highest BCUT2D eigenvalue weighted by molar-refractivity contribution is 6.31. The Morgan fingerprint density at radius 1 is 1.05 bits per heavy atom. The van der Waals surface area contributed by atoms with Crippen LogP contribution in [0.5, 0.6) is 0 Å². The molecule has 1 aromatic heterocycles. The molecule has 0 saturated heterocycles. The van der Waals surface area contributed by atoms with Gasteiger partial charge in [-0.05, 0) is 43.7 Å². The van der Waals surface area contributed by atoms with Crippen molar-refractivity contribution >= 4 is 35.3 Å². The third-order valence-corrected chi connectivity index (χ3v) is 6.48. The maximum absolute atomic E-state index is 14.0. The first kappa shape index (κ1) is 28.3. The first-order chi connectivity index (χ1) is 19.1. The average molecular weight is 566 g/mol. The second-order valence-corrected chi connectivity index (χ2v) is 9.31. The van der Waals surface area contributed by atoms with E-state index in [4.69, 9.17) is 20.9 Å². The Bertz CT molecular complexity index is 1540. The lowest BCUT2D eigenvalue weighted by Crippen LogP contribution is -2.42. The van der Waals surface area contributed by atoms with Crippen molar-refractivity contribution in [1.29, 1.82) is 0 Å². The molecule has 4 rings (SSSR count). The molecule has 4 aromatic rings. The molecule has 0 fully saturated rings. The minimum absolute atomic E-state index is 0.0107. The fourth-order valence-corrected chi connectivity index (χ4v) is 4.19. The third-order valence-electron chi connectivity index (χ3n) is 6.11. The number of amides is 2. The fourth-order valence-electron chi connectivity index (χ4n) is 3.97. The monoisotopic (exact) mass is 565 g/mol. The van der Waals surface area contributed by atoms with Gasteiger partial charge < -0.3 is 19.7 Å². The molecule has 206 valence electrons. The number of carbonyl (C=O) groups is 3. The van der Waals surface area contributed by atoms with Crippen molar-refractivity contribution in [3.05, 3.63) is 106 Å². The second-order valence-electron chi connectivity index (χ2n) is 8.90. The number of carbonyl (C=O) groups excluding carboxylic acids is 2. The van der Waals surface area contributed by atoms with E-state index in [1.54, 1.807) is 62.4 Å². The molecule has 0 saturated carbocycles.